The molecule has 30 heavy (non-hydrogen) atoms. The molecule has 0 aromatic heterocycles. The highest BCUT2D eigenvalue weighted by Crippen LogP contribution is 2.51. The number of carboxylic acids is 1. The number of rotatable bonds is 6. The number of hydrogen-bond donors (Lipinski definition) is 4. The number of aliphatic hydroxyl groups is 1. The Kier molecular flexibility index (Phi) is 5.75. The van der Waals surface area contributed by atoms with Crippen molar-refractivity contribution >= 4 is 29.6 Å². The van der Waals surface area contributed by atoms with E-state index in [1.54, 1.807) is 18.7 Å². The van der Waals surface area contributed by atoms with Crippen LogP contribution in [0.15, 0.2) is 10.6 Å². The molecule has 0 saturated carbocycles. The Bertz CT molecular complexity index is 773. The average molecular weight is 438 g/mol. The van der Waals surface area contributed by atoms with E-state index in [4.69, 9.17) is 11.1 Å². The maximum atomic E-state index is 12.4. The zero-order valence-electron chi connectivity index (χ0n) is 17.5. The molecule has 4 heterocycles. The third-order valence-corrected chi connectivity index (χ3v) is 8.45. The molecule has 3 saturated heterocycles. The van der Waals surface area contributed by atoms with E-state index in [0.717, 1.165) is 50.5 Å². The molecule has 9 nitrogen and oxygen atoms in total. The number of nitrogens with two attached hydrogens (primary N) is 1. The highest BCUT2D eigenvalue weighted by Gasteiger charge is 2.60. The number of carboxylic acid groups (broad SMARTS) is 1. The van der Waals surface area contributed by atoms with Crippen LogP contribution in [0.25, 0.3) is 0 Å². The molecule has 4 atom stereocenters. The van der Waals surface area contributed by atoms with Gasteiger partial charge in [0.05, 0.1) is 18.1 Å². The van der Waals surface area contributed by atoms with Crippen LogP contribution in [0.2, 0.25) is 0 Å². The van der Waals surface area contributed by atoms with Gasteiger partial charge < -0.3 is 30.6 Å². The van der Waals surface area contributed by atoms with Crippen LogP contribution in [0, 0.1) is 23.2 Å². The van der Waals surface area contributed by atoms with Crippen LogP contribution in [0.1, 0.15) is 26.7 Å². The minimum atomic E-state index is -1.06. The van der Waals surface area contributed by atoms with Gasteiger partial charge in [0.1, 0.15) is 5.70 Å². The number of likely N-dealkylation sites (tertiary alicyclic amines) is 2. The van der Waals surface area contributed by atoms with Gasteiger partial charge in [-0.2, -0.15) is 0 Å². The number of thioether (sulfide) groups is 1. The van der Waals surface area contributed by atoms with Gasteiger partial charge in [-0.05, 0) is 25.7 Å². The summed E-state index contributed by atoms with van der Waals surface area (Å²) >= 11 is 1.60. The van der Waals surface area contributed by atoms with E-state index in [-0.39, 0.29) is 29.5 Å². The molecule has 10 heteroatoms. The fraction of sp³-hybridized carbons (Fsp3) is 0.750. The number of guanidine groups is 1. The van der Waals surface area contributed by atoms with Gasteiger partial charge in [0.15, 0.2) is 5.96 Å². The number of nitrogens with zero attached hydrogens (tertiary/aromatic N) is 3. The second kappa shape index (κ2) is 8.05. The zero-order valence-corrected chi connectivity index (χ0v) is 18.3. The molecule has 5 N–H and O–H groups in total. The van der Waals surface area contributed by atoms with E-state index < -0.39 is 18.0 Å². The summed E-state index contributed by atoms with van der Waals surface area (Å²) in [6, 6.07) is -0.242. The van der Waals surface area contributed by atoms with Gasteiger partial charge in [0.25, 0.3) is 0 Å². The summed E-state index contributed by atoms with van der Waals surface area (Å²) in [5.41, 5.74) is 5.68. The minimum absolute atomic E-state index is 0.0663. The summed E-state index contributed by atoms with van der Waals surface area (Å²) in [6.07, 6.45) is 1.31. The number of carbonyl (C=O) groups is 2. The Morgan fingerprint density at radius 2 is 1.97 bits per heavy atom. The number of carbonyl (C=O) groups excluding carboxylic acids is 1. The predicted octanol–water partition coefficient (Wildman–Crippen LogP) is 0.163. The van der Waals surface area contributed by atoms with Crippen LogP contribution in [-0.4, -0.2) is 92.9 Å². The fourth-order valence-electron chi connectivity index (χ4n) is 5.33. The van der Waals surface area contributed by atoms with Crippen molar-refractivity contribution in [1.29, 1.82) is 5.41 Å². The van der Waals surface area contributed by atoms with Crippen LogP contribution in [-0.2, 0) is 9.59 Å². The minimum Gasteiger partial charge on any atom is -0.477 e. The molecule has 0 unspecified atom stereocenters. The molecule has 0 aromatic carbocycles. The Morgan fingerprint density at radius 3 is 2.50 bits per heavy atom. The molecular weight excluding hydrogens is 406 g/mol. The van der Waals surface area contributed by atoms with E-state index in [1.807, 2.05) is 11.8 Å². The Balaban J connectivity index is 1.32. The highest BCUT2D eigenvalue weighted by molar-refractivity contribution is 8.03. The van der Waals surface area contributed by atoms with E-state index in [1.165, 1.54) is 4.90 Å². The number of amides is 1. The van der Waals surface area contributed by atoms with Gasteiger partial charge in [0, 0.05) is 48.8 Å². The van der Waals surface area contributed by atoms with Crippen molar-refractivity contribution in [1.82, 2.24) is 14.7 Å². The molecule has 4 rings (SSSR count). The van der Waals surface area contributed by atoms with E-state index in [0.29, 0.717) is 11.2 Å². The molecule has 0 aliphatic carbocycles. The highest BCUT2D eigenvalue weighted by atomic mass is 32.2. The van der Waals surface area contributed by atoms with Gasteiger partial charge in [0.2, 0.25) is 5.91 Å². The molecule has 0 radical (unpaired) electrons. The molecule has 1 amide bonds. The average Bonchev–Trinajstić information content (AvgIpc) is 2.89. The van der Waals surface area contributed by atoms with E-state index in [9.17, 15) is 19.8 Å². The Labute approximate surface area is 180 Å². The van der Waals surface area contributed by atoms with Crippen molar-refractivity contribution in [2.24, 2.45) is 23.5 Å². The number of β-lactam (4-membered cyclic amide) rings is 1. The molecule has 4 aliphatic rings. The number of aliphatic hydroxyl groups excluding tert-OH is 1. The summed E-state index contributed by atoms with van der Waals surface area (Å²) in [5, 5.41) is 27.5. The van der Waals surface area contributed by atoms with Crippen LogP contribution in [0.5, 0.6) is 0 Å². The smallest absolute Gasteiger partial charge is 0.353 e. The number of fused-ring (bicyclic) bond motifs is 1. The normalized spacial score (nSPS) is 31.4. The van der Waals surface area contributed by atoms with Crippen molar-refractivity contribution in [2.45, 2.75) is 44.1 Å². The third-order valence-electron chi connectivity index (χ3n) is 7.00. The summed E-state index contributed by atoms with van der Waals surface area (Å²) in [5.74, 6) is -1.14. The molecule has 166 valence electrons. The lowest BCUT2D eigenvalue weighted by Crippen LogP contribution is -2.63. The summed E-state index contributed by atoms with van der Waals surface area (Å²) in [4.78, 5) is 30.8. The molecule has 3 fully saturated rings. The van der Waals surface area contributed by atoms with Crippen LogP contribution < -0.4 is 5.73 Å². The van der Waals surface area contributed by atoms with Gasteiger partial charge in [-0.3, -0.25) is 10.2 Å². The number of aliphatic carboxylic acids is 1. The van der Waals surface area contributed by atoms with Crippen molar-refractivity contribution in [3.05, 3.63) is 10.6 Å². The van der Waals surface area contributed by atoms with Crippen molar-refractivity contribution in [2.75, 3.05) is 32.7 Å². The lowest BCUT2D eigenvalue weighted by molar-refractivity contribution is -0.163. The molecule has 4 aliphatic heterocycles. The van der Waals surface area contributed by atoms with Crippen molar-refractivity contribution in [3.63, 3.8) is 0 Å². The van der Waals surface area contributed by atoms with Crippen molar-refractivity contribution < 1.29 is 19.8 Å². The van der Waals surface area contributed by atoms with Gasteiger partial charge in [-0.15, -0.1) is 11.8 Å². The SMILES string of the molecule is C[C@@H](O)[C@H]1C(=O)N2C(C(=O)O)=C(SC3CN(CC4CCN(C(=N)N)CC4)C3)[C@H](C)[C@H]12. The quantitative estimate of drug-likeness (QED) is 0.262. The second-order valence-electron chi connectivity index (χ2n) is 9.05. The molecule has 0 aromatic rings. The van der Waals surface area contributed by atoms with Crippen LogP contribution in [0.4, 0.5) is 0 Å². The first-order chi connectivity index (χ1) is 14.2. The first kappa shape index (κ1) is 21.5. The number of piperidine rings is 1. The maximum Gasteiger partial charge on any atom is 0.353 e. The number of hydrogen-bond acceptors (Lipinski definition) is 6. The summed E-state index contributed by atoms with van der Waals surface area (Å²) in [7, 11) is 0. The molecule has 0 bridgehead atoms. The Hall–Kier alpha value is -1.78. The van der Waals surface area contributed by atoms with E-state index >= 15 is 0 Å². The van der Waals surface area contributed by atoms with Crippen LogP contribution in [0.3, 0.4) is 0 Å². The largest absolute Gasteiger partial charge is 0.477 e. The summed E-state index contributed by atoms with van der Waals surface area (Å²) in [6.45, 7) is 8.11. The second-order valence-corrected chi connectivity index (χ2v) is 10.4. The lowest BCUT2D eigenvalue weighted by Gasteiger charge is -2.46. The first-order valence-electron chi connectivity index (χ1n) is 10.7. The number of nitrogens with one attached hydrogen (secondary N) is 1. The Morgan fingerprint density at radius 1 is 1.33 bits per heavy atom. The standard InChI is InChI=1S/C20H31N5O4S/c1-10-15-14(11(2)26)18(27)25(15)16(19(28)29)17(10)30-13-8-23(9-13)7-12-3-5-24(6-4-12)20(21)22/h10-15,26H,3-9H2,1-2H3,(H3,21,22)(H,28,29)/t10-,11-,14-,15-/m1/s1. The third kappa shape index (κ3) is 3.58. The lowest BCUT2D eigenvalue weighted by atomic mass is 9.79. The molecular formula is C20H31N5O4S. The van der Waals surface area contributed by atoms with Gasteiger partial charge in [-0.1, -0.05) is 6.92 Å². The van der Waals surface area contributed by atoms with Gasteiger partial charge in [-0.25, -0.2) is 4.79 Å². The first-order valence-corrected chi connectivity index (χ1v) is 11.5. The van der Waals surface area contributed by atoms with Crippen molar-refractivity contribution in [3.8, 4) is 0 Å². The predicted molar refractivity (Wildman–Crippen MR) is 114 cm³/mol. The zero-order chi connectivity index (χ0) is 21.7. The van der Waals surface area contributed by atoms with E-state index in [2.05, 4.69) is 4.90 Å². The maximum absolute atomic E-state index is 12.4. The molecule has 0 spiro atoms. The van der Waals surface area contributed by atoms with Gasteiger partial charge >= 0.3 is 5.97 Å². The van der Waals surface area contributed by atoms with Crippen LogP contribution >= 0.6 is 11.8 Å². The fourth-order valence-corrected chi connectivity index (χ4v) is 6.91. The topological polar surface area (TPSA) is 134 Å². The monoisotopic (exact) mass is 437 g/mol. The summed E-state index contributed by atoms with van der Waals surface area (Å²) < 4.78 is 0.